The number of aryl methyl sites for hydroxylation is 1. The second kappa shape index (κ2) is 6.37. The molecule has 1 fully saturated rings. The number of halogens is 1. The first-order chi connectivity index (χ1) is 9.13. The van der Waals surface area contributed by atoms with E-state index < -0.39 is 0 Å². The van der Waals surface area contributed by atoms with E-state index in [1.54, 1.807) is 13.2 Å². The van der Waals surface area contributed by atoms with Gasteiger partial charge < -0.3 is 15.4 Å². The minimum Gasteiger partial charge on any atom is -0.379 e. The van der Waals surface area contributed by atoms with E-state index in [-0.39, 0.29) is 18.1 Å². The minimum absolute atomic E-state index is 0.0260. The molecule has 0 spiro atoms. The number of methoxy groups -OCH3 is 1. The van der Waals surface area contributed by atoms with Crippen LogP contribution in [-0.2, 0) is 4.74 Å². The van der Waals surface area contributed by atoms with E-state index in [4.69, 9.17) is 16.3 Å². The lowest BCUT2D eigenvalue weighted by molar-refractivity contribution is 0.0448. The normalized spacial score (nSPS) is 23.1. The molecule has 5 heteroatoms. The third-order valence-corrected chi connectivity index (χ3v) is 3.80. The van der Waals surface area contributed by atoms with Crippen LogP contribution in [0.5, 0.6) is 0 Å². The first-order valence-corrected chi connectivity index (χ1v) is 6.80. The van der Waals surface area contributed by atoms with Crippen molar-refractivity contribution in [3.63, 3.8) is 0 Å². The van der Waals surface area contributed by atoms with E-state index in [0.717, 1.165) is 18.5 Å². The van der Waals surface area contributed by atoms with Gasteiger partial charge in [0.1, 0.15) is 0 Å². The molecule has 1 heterocycles. The summed E-state index contributed by atoms with van der Waals surface area (Å²) in [5.74, 6) is -0.140. The largest absolute Gasteiger partial charge is 0.379 e. The van der Waals surface area contributed by atoms with E-state index in [1.165, 1.54) is 0 Å². The Hall–Kier alpha value is -1.10. The molecule has 104 valence electrons. The first kappa shape index (κ1) is 14.3. The summed E-state index contributed by atoms with van der Waals surface area (Å²) in [4.78, 5) is 12.3. The van der Waals surface area contributed by atoms with Crippen LogP contribution in [0.4, 0.5) is 0 Å². The number of carbonyl (C=O) groups excluding carboxylic acids is 1. The highest BCUT2D eigenvalue weighted by Crippen LogP contribution is 2.20. The van der Waals surface area contributed by atoms with E-state index in [0.29, 0.717) is 17.1 Å². The molecule has 1 aliphatic heterocycles. The number of carbonyl (C=O) groups is 1. The van der Waals surface area contributed by atoms with Gasteiger partial charge in [0, 0.05) is 13.7 Å². The third-order valence-electron chi connectivity index (χ3n) is 3.49. The van der Waals surface area contributed by atoms with Crippen LogP contribution in [0.15, 0.2) is 18.2 Å². The van der Waals surface area contributed by atoms with E-state index in [2.05, 4.69) is 10.6 Å². The predicted molar refractivity (Wildman–Crippen MR) is 75.7 cm³/mol. The summed E-state index contributed by atoms with van der Waals surface area (Å²) in [5.41, 5.74) is 1.42. The lowest BCUT2D eigenvalue weighted by Gasteiger charge is -2.31. The average Bonchev–Trinajstić information content (AvgIpc) is 2.39. The minimum atomic E-state index is -0.140. The number of hydrogen-bond donors (Lipinski definition) is 2. The Morgan fingerprint density at radius 1 is 1.53 bits per heavy atom. The maximum atomic E-state index is 12.3. The van der Waals surface area contributed by atoms with Crippen molar-refractivity contribution < 1.29 is 9.53 Å². The van der Waals surface area contributed by atoms with Crippen molar-refractivity contribution in [3.05, 3.63) is 34.3 Å². The Morgan fingerprint density at radius 2 is 2.32 bits per heavy atom. The molecule has 0 unspecified atom stereocenters. The Morgan fingerprint density at radius 3 is 3.00 bits per heavy atom. The number of benzene rings is 1. The van der Waals surface area contributed by atoms with Crippen LogP contribution in [0, 0.1) is 6.92 Å². The fraction of sp³-hybridized carbons (Fsp3) is 0.500. The Labute approximate surface area is 118 Å². The van der Waals surface area contributed by atoms with Gasteiger partial charge in [0.05, 0.1) is 22.7 Å². The molecule has 0 bridgehead atoms. The van der Waals surface area contributed by atoms with Crippen molar-refractivity contribution >= 4 is 17.5 Å². The number of ether oxygens (including phenoxy) is 1. The molecule has 2 atom stereocenters. The van der Waals surface area contributed by atoms with Crippen molar-refractivity contribution in [2.24, 2.45) is 0 Å². The van der Waals surface area contributed by atoms with Crippen molar-refractivity contribution in [2.45, 2.75) is 25.5 Å². The standard InChI is InChI=1S/C14H19ClN2O2/c1-9-4-3-5-10(15)13(9)14(18)17-11-8-16-7-6-12(11)19-2/h3-5,11-12,16H,6-8H2,1-2H3,(H,17,18)/t11-,12+/m0/s1. The topological polar surface area (TPSA) is 50.4 Å². The van der Waals surface area contributed by atoms with Gasteiger partial charge in [0.25, 0.3) is 5.91 Å². The van der Waals surface area contributed by atoms with Crippen LogP contribution in [0.2, 0.25) is 5.02 Å². The van der Waals surface area contributed by atoms with E-state index in [9.17, 15) is 4.79 Å². The third kappa shape index (κ3) is 3.26. The van der Waals surface area contributed by atoms with Gasteiger partial charge in [-0.05, 0) is 31.5 Å². The monoisotopic (exact) mass is 282 g/mol. The number of nitrogens with one attached hydrogen (secondary N) is 2. The summed E-state index contributed by atoms with van der Waals surface area (Å²) < 4.78 is 5.41. The van der Waals surface area contributed by atoms with Gasteiger partial charge in [-0.3, -0.25) is 4.79 Å². The SMILES string of the molecule is CO[C@@H]1CCNC[C@@H]1NC(=O)c1c(C)cccc1Cl. The molecule has 0 aromatic heterocycles. The number of hydrogen-bond acceptors (Lipinski definition) is 3. The van der Waals surface area contributed by atoms with Gasteiger partial charge >= 0.3 is 0 Å². The zero-order valence-electron chi connectivity index (χ0n) is 11.2. The number of rotatable bonds is 3. The first-order valence-electron chi connectivity index (χ1n) is 6.43. The lowest BCUT2D eigenvalue weighted by atomic mass is 10.0. The van der Waals surface area contributed by atoms with Crippen molar-refractivity contribution in [3.8, 4) is 0 Å². The molecule has 2 N–H and O–H groups in total. The molecule has 1 aromatic rings. The van der Waals surface area contributed by atoms with Crippen LogP contribution in [-0.4, -0.2) is 38.3 Å². The zero-order valence-corrected chi connectivity index (χ0v) is 12.0. The highest BCUT2D eigenvalue weighted by atomic mass is 35.5. The molecule has 19 heavy (non-hydrogen) atoms. The lowest BCUT2D eigenvalue weighted by Crippen LogP contribution is -2.54. The van der Waals surface area contributed by atoms with Gasteiger partial charge in [-0.15, -0.1) is 0 Å². The Bertz CT molecular complexity index is 445. The molecule has 1 aliphatic rings. The number of amides is 1. The van der Waals surface area contributed by atoms with Crippen LogP contribution >= 0.6 is 11.6 Å². The summed E-state index contributed by atoms with van der Waals surface area (Å²) in [5, 5.41) is 6.75. The molecule has 1 saturated heterocycles. The highest BCUT2D eigenvalue weighted by Gasteiger charge is 2.27. The molecular weight excluding hydrogens is 264 g/mol. The molecule has 1 aromatic carbocycles. The van der Waals surface area contributed by atoms with Crippen molar-refractivity contribution in [2.75, 3.05) is 20.2 Å². The van der Waals surface area contributed by atoms with Crippen LogP contribution in [0.1, 0.15) is 22.3 Å². The fourth-order valence-corrected chi connectivity index (χ4v) is 2.73. The van der Waals surface area contributed by atoms with Gasteiger partial charge in [-0.1, -0.05) is 23.7 Å². The van der Waals surface area contributed by atoms with Crippen LogP contribution in [0.25, 0.3) is 0 Å². The second-order valence-electron chi connectivity index (χ2n) is 4.78. The second-order valence-corrected chi connectivity index (χ2v) is 5.19. The summed E-state index contributed by atoms with van der Waals surface area (Å²) in [6.45, 7) is 3.51. The summed E-state index contributed by atoms with van der Waals surface area (Å²) >= 11 is 6.10. The molecular formula is C14H19ClN2O2. The van der Waals surface area contributed by atoms with E-state index >= 15 is 0 Å². The zero-order chi connectivity index (χ0) is 13.8. The van der Waals surface area contributed by atoms with Crippen molar-refractivity contribution in [1.29, 1.82) is 0 Å². The highest BCUT2D eigenvalue weighted by molar-refractivity contribution is 6.34. The van der Waals surface area contributed by atoms with Crippen molar-refractivity contribution in [1.82, 2.24) is 10.6 Å². The quantitative estimate of drug-likeness (QED) is 0.888. The Kier molecular flexibility index (Phi) is 4.80. The molecule has 2 rings (SSSR count). The maximum Gasteiger partial charge on any atom is 0.253 e. The summed E-state index contributed by atoms with van der Waals surface area (Å²) in [7, 11) is 1.68. The summed E-state index contributed by atoms with van der Waals surface area (Å²) in [6.07, 6.45) is 0.941. The molecule has 0 radical (unpaired) electrons. The van der Waals surface area contributed by atoms with Gasteiger partial charge in [0.15, 0.2) is 0 Å². The smallest absolute Gasteiger partial charge is 0.253 e. The molecule has 0 aliphatic carbocycles. The molecule has 1 amide bonds. The average molecular weight is 283 g/mol. The van der Waals surface area contributed by atoms with Gasteiger partial charge in [-0.2, -0.15) is 0 Å². The van der Waals surface area contributed by atoms with Crippen LogP contribution in [0.3, 0.4) is 0 Å². The molecule has 0 saturated carbocycles. The predicted octanol–water partition coefficient (Wildman–Crippen LogP) is 1.76. The number of piperidine rings is 1. The van der Waals surface area contributed by atoms with Crippen LogP contribution < -0.4 is 10.6 Å². The van der Waals surface area contributed by atoms with Gasteiger partial charge in [-0.25, -0.2) is 0 Å². The van der Waals surface area contributed by atoms with E-state index in [1.807, 2.05) is 19.1 Å². The molecule has 4 nitrogen and oxygen atoms in total. The Balaban J connectivity index is 2.12. The van der Waals surface area contributed by atoms with Gasteiger partial charge in [0.2, 0.25) is 0 Å². The fourth-order valence-electron chi connectivity index (χ4n) is 2.42. The maximum absolute atomic E-state index is 12.3. The summed E-state index contributed by atoms with van der Waals surface area (Å²) in [6, 6.07) is 5.43.